The Morgan fingerprint density at radius 2 is 2.08 bits per heavy atom. The van der Waals surface area contributed by atoms with Gasteiger partial charge in [-0.1, -0.05) is 12.1 Å². The predicted octanol–water partition coefficient (Wildman–Crippen LogP) is 1.22. The number of nitrogens with zero attached hydrogens (tertiary/aromatic N) is 1. The summed E-state index contributed by atoms with van der Waals surface area (Å²) >= 11 is 0. The van der Waals surface area contributed by atoms with E-state index < -0.39 is 5.97 Å². The molecule has 0 aliphatic carbocycles. The Hall–Kier alpha value is -2.93. The molecule has 1 aromatic carbocycles. The SMILES string of the molecule is CC[NH+](Cc1nc2ccccc2c(=O)[nH]1)Cc1cc(C(=O)OC)c(C)o1. The van der Waals surface area contributed by atoms with Gasteiger partial charge in [0.05, 0.1) is 24.6 Å². The molecular formula is C19H22N3O4+. The fraction of sp³-hybridized carbons (Fsp3) is 0.316. The van der Waals surface area contributed by atoms with Gasteiger partial charge < -0.3 is 19.0 Å². The summed E-state index contributed by atoms with van der Waals surface area (Å²) in [6, 6.07) is 8.99. The number of hydrogen-bond donors (Lipinski definition) is 2. The van der Waals surface area contributed by atoms with E-state index in [1.807, 2.05) is 25.1 Å². The Kier molecular flexibility index (Phi) is 5.18. The van der Waals surface area contributed by atoms with E-state index in [4.69, 9.17) is 9.15 Å². The molecule has 0 fully saturated rings. The van der Waals surface area contributed by atoms with Gasteiger partial charge in [0.15, 0.2) is 11.6 Å². The van der Waals surface area contributed by atoms with Crippen LogP contribution in [0.25, 0.3) is 10.9 Å². The molecule has 7 heteroatoms. The monoisotopic (exact) mass is 356 g/mol. The number of furan rings is 1. The molecule has 2 N–H and O–H groups in total. The van der Waals surface area contributed by atoms with Crippen LogP contribution in [0.2, 0.25) is 0 Å². The van der Waals surface area contributed by atoms with Crippen molar-refractivity contribution < 1.29 is 18.8 Å². The first kappa shape index (κ1) is 17.9. The van der Waals surface area contributed by atoms with Gasteiger partial charge in [0.25, 0.3) is 5.56 Å². The van der Waals surface area contributed by atoms with Crippen molar-refractivity contribution in [3.8, 4) is 0 Å². The molecule has 0 bridgehead atoms. The molecule has 7 nitrogen and oxygen atoms in total. The van der Waals surface area contributed by atoms with E-state index in [9.17, 15) is 9.59 Å². The molecule has 0 saturated carbocycles. The number of ether oxygens (including phenoxy) is 1. The van der Waals surface area contributed by atoms with Crippen LogP contribution >= 0.6 is 0 Å². The Labute approximate surface area is 150 Å². The Balaban J connectivity index is 1.80. The van der Waals surface area contributed by atoms with Gasteiger partial charge in [0, 0.05) is 6.07 Å². The third-order valence-electron chi connectivity index (χ3n) is 4.38. The molecule has 0 aliphatic rings. The molecule has 136 valence electrons. The molecule has 3 rings (SSSR count). The zero-order valence-corrected chi connectivity index (χ0v) is 15.1. The van der Waals surface area contributed by atoms with Crippen LogP contribution in [0.15, 0.2) is 39.5 Å². The number of quaternary nitrogens is 1. The standard InChI is InChI=1S/C19H21N3O4/c1-4-22(10-13-9-15(12(2)26-13)19(24)25-3)11-17-20-16-8-6-5-7-14(16)18(23)21-17/h5-9H,4,10-11H2,1-3H3,(H,20,21,23)/p+1. The summed E-state index contributed by atoms with van der Waals surface area (Å²) in [6.45, 7) is 5.72. The second-order valence-corrected chi connectivity index (χ2v) is 6.16. The van der Waals surface area contributed by atoms with Crippen molar-refractivity contribution >= 4 is 16.9 Å². The Morgan fingerprint density at radius 1 is 1.31 bits per heavy atom. The fourth-order valence-corrected chi connectivity index (χ4v) is 2.96. The highest BCUT2D eigenvalue weighted by molar-refractivity contribution is 5.90. The minimum Gasteiger partial charge on any atom is -0.465 e. The maximum absolute atomic E-state index is 12.2. The molecule has 0 spiro atoms. The molecule has 2 heterocycles. The molecule has 1 unspecified atom stereocenters. The predicted molar refractivity (Wildman–Crippen MR) is 96.1 cm³/mol. The summed E-state index contributed by atoms with van der Waals surface area (Å²) in [5.74, 6) is 1.46. The van der Waals surface area contributed by atoms with E-state index in [-0.39, 0.29) is 5.56 Å². The van der Waals surface area contributed by atoms with Crippen LogP contribution in [0.3, 0.4) is 0 Å². The zero-order chi connectivity index (χ0) is 18.7. The number of carbonyl (C=O) groups is 1. The van der Waals surface area contributed by atoms with Crippen molar-refractivity contribution in [2.75, 3.05) is 13.7 Å². The smallest absolute Gasteiger partial charge is 0.341 e. The molecular weight excluding hydrogens is 334 g/mol. The second kappa shape index (κ2) is 7.53. The molecule has 26 heavy (non-hydrogen) atoms. The normalized spacial score (nSPS) is 12.3. The lowest BCUT2D eigenvalue weighted by Gasteiger charge is -2.15. The Bertz CT molecular complexity index is 990. The van der Waals surface area contributed by atoms with Crippen molar-refractivity contribution in [2.45, 2.75) is 26.9 Å². The minimum absolute atomic E-state index is 0.136. The van der Waals surface area contributed by atoms with Crippen LogP contribution in [0.5, 0.6) is 0 Å². The van der Waals surface area contributed by atoms with Gasteiger partial charge in [0.2, 0.25) is 0 Å². The van der Waals surface area contributed by atoms with E-state index >= 15 is 0 Å². The summed E-state index contributed by atoms with van der Waals surface area (Å²) in [5, 5.41) is 0.582. The number of aromatic amines is 1. The van der Waals surface area contributed by atoms with Gasteiger partial charge in [-0.15, -0.1) is 0 Å². The highest BCUT2D eigenvalue weighted by atomic mass is 16.5. The fourth-order valence-electron chi connectivity index (χ4n) is 2.96. The van der Waals surface area contributed by atoms with E-state index in [1.165, 1.54) is 7.11 Å². The average Bonchev–Trinajstić information content (AvgIpc) is 3.00. The quantitative estimate of drug-likeness (QED) is 0.648. The highest BCUT2D eigenvalue weighted by Gasteiger charge is 2.19. The maximum Gasteiger partial charge on any atom is 0.341 e. The van der Waals surface area contributed by atoms with E-state index in [1.54, 1.807) is 19.1 Å². The molecule has 0 aliphatic heterocycles. The average molecular weight is 356 g/mol. The number of methoxy groups -OCH3 is 1. The van der Waals surface area contributed by atoms with Crippen LogP contribution in [-0.2, 0) is 17.8 Å². The molecule has 2 aromatic heterocycles. The van der Waals surface area contributed by atoms with Crippen molar-refractivity contribution in [1.82, 2.24) is 9.97 Å². The number of esters is 1. The number of fused-ring (bicyclic) bond motifs is 1. The van der Waals surface area contributed by atoms with E-state index in [2.05, 4.69) is 9.97 Å². The van der Waals surface area contributed by atoms with E-state index in [0.29, 0.717) is 46.9 Å². The summed E-state index contributed by atoms with van der Waals surface area (Å²) in [6.07, 6.45) is 0. The number of aromatic nitrogens is 2. The minimum atomic E-state index is -0.406. The first-order valence-corrected chi connectivity index (χ1v) is 8.51. The largest absolute Gasteiger partial charge is 0.465 e. The first-order chi connectivity index (χ1) is 12.5. The van der Waals surface area contributed by atoms with Crippen LogP contribution in [0.4, 0.5) is 0 Å². The van der Waals surface area contributed by atoms with Crippen molar-refractivity contribution in [2.24, 2.45) is 0 Å². The van der Waals surface area contributed by atoms with Gasteiger partial charge in [0.1, 0.15) is 24.4 Å². The van der Waals surface area contributed by atoms with Crippen LogP contribution in [0, 0.1) is 6.92 Å². The lowest BCUT2D eigenvalue weighted by molar-refractivity contribution is -0.927. The zero-order valence-electron chi connectivity index (χ0n) is 15.1. The molecule has 0 amide bonds. The summed E-state index contributed by atoms with van der Waals surface area (Å²) in [5.41, 5.74) is 0.988. The van der Waals surface area contributed by atoms with Gasteiger partial charge in [-0.05, 0) is 26.0 Å². The van der Waals surface area contributed by atoms with Crippen LogP contribution < -0.4 is 10.5 Å². The van der Waals surface area contributed by atoms with Gasteiger partial charge in [-0.25, -0.2) is 9.78 Å². The van der Waals surface area contributed by atoms with Crippen LogP contribution in [0.1, 0.15) is 34.6 Å². The molecule has 3 aromatic rings. The Morgan fingerprint density at radius 3 is 2.81 bits per heavy atom. The van der Waals surface area contributed by atoms with Gasteiger partial charge in [-0.2, -0.15) is 0 Å². The molecule has 0 radical (unpaired) electrons. The number of H-pyrrole nitrogens is 1. The summed E-state index contributed by atoms with van der Waals surface area (Å²) < 4.78 is 10.4. The van der Waals surface area contributed by atoms with Crippen molar-refractivity contribution in [3.63, 3.8) is 0 Å². The first-order valence-electron chi connectivity index (χ1n) is 8.51. The number of rotatable bonds is 6. The lowest BCUT2D eigenvalue weighted by Crippen LogP contribution is -3.09. The number of benzene rings is 1. The van der Waals surface area contributed by atoms with Crippen molar-refractivity contribution in [3.05, 3.63) is 63.6 Å². The highest BCUT2D eigenvalue weighted by Crippen LogP contribution is 2.15. The number of nitrogens with one attached hydrogen (secondary N) is 2. The number of aryl methyl sites for hydroxylation is 1. The van der Waals surface area contributed by atoms with Crippen molar-refractivity contribution in [1.29, 1.82) is 0 Å². The topological polar surface area (TPSA) is 89.6 Å². The second-order valence-electron chi connectivity index (χ2n) is 6.16. The lowest BCUT2D eigenvalue weighted by atomic mass is 10.2. The summed E-state index contributed by atoms with van der Waals surface area (Å²) in [7, 11) is 1.35. The molecule has 1 atom stereocenters. The summed E-state index contributed by atoms with van der Waals surface area (Å²) in [4.78, 5) is 32.5. The number of para-hydroxylation sites is 1. The van der Waals surface area contributed by atoms with E-state index in [0.717, 1.165) is 11.4 Å². The number of hydrogen-bond acceptors (Lipinski definition) is 5. The third-order valence-corrected chi connectivity index (χ3v) is 4.38. The maximum atomic E-state index is 12.2. The van der Waals surface area contributed by atoms with Gasteiger partial charge >= 0.3 is 5.97 Å². The van der Waals surface area contributed by atoms with Gasteiger partial charge in [-0.3, -0.25) is 4.79 Å². The molecule has 0 saturated heterocycles. The number of carbonyl (C=O) groups excluding carboxylic acids is 1. The van der Waals surface area contributed by atoms with Crippen LogP contribution in [-0.4, -0.2) is 29.6 Å². The third kappa shape index (κ3) is 3.67.